The minimum Gasteiger partial charge on any atom is -0.385 e. The molecule has 0 aliphatic rings. The zero-order chi connectivity index (χ0) is 10.6. The summed E-state index contributed by atoms with van der Waals surface area (Å²) in [5, 5.41) is 27.0. The Bertz CT molecular complexity index is 331. The van der Waals surface area contributed by atoms with Crippen LogP contribution in [-0.2, 0) is 0 Å². The summed E-state index contributed by atoms with van der Waals surface area (Å²) in [6, 6.07) is 8.68. The number of aliphatic hydroxyl groups excluding tert-OH is 2. The van der Waals surface area contributed by atoms with E-state index < -0.39 is 12.2 Å². The molecule has 0 aliphatic carbocycles. The van der Waals surface area contributed by atoms with Gasteiger partial charge >= 0.3 is 0 Å². The second-order valence-corrected chi connectivity index (χ2v) is 3.67. The van der Waals surface area contributed by atoms with E-state index in [1.54, 1.807) is 30.0 Å². The summed E-state index contributed by atoms with van der Waals surface area (Å²) < 4.78 is 0. The molecular formula is C10H11NO2S. The van der Waals surface area contributed by atoms with Gasteiger partial charge < -0.3 is 10.2 Å². The van der Waals surface area contributed by atoms with E-state index in [9.17, 15) is 5.11 Å². The van der Waals surface area contributed by atoms with E-state index in [1.807, 2.05) is 18.4 Å². The fourth-order valence-corrected chi connectivity index (χ4v) is 1.46. The van der Waals surface area contributed by atoms with Crippen molar-refractivity contribution in [3.8, 4) is 6.07 Å². The van der Waals surface area contributed by atoms with Crippen LogP contribution in [0.15, 0.2) is 29.2 Å². The molecule has 74 valence electrons. The molecular weight excluding hydrogens is 198 g/mol. The first-order valence-electron chi connectivity index (χ1n) is 4.08. The summed E-state index contributed by atoms with van der Waals surface area (Å²) in [4.78, 5) is 1.08. The lowest BCUT2D eigenvalue weighted by molar-refractivity contribution is 0.0527. The summed E-state index contributed by atoms with van der Waals surface area (Å²) in [6.07, 6.45) is -0.540. The minimum atomic E-state index is -1.37. The standard InChI is InChI=1S/C10H11NO2S/c1-14-8-4-2-7(3-5-8)10(13)9(12)6-11/h2-5,9-10,12-13H,1H3. The van der Waals surface area contributed by atoms with Crippen LogP contribution < -0.4 is 0 Å². The fourth-order valence-electron chi connectivity index (χ4n) is 1.05. The van der Waals surface area contributed by atoms with Gasteiger partial charge in [-0.3, -0.25) is 0 Å². The quantitative estimate of drug-likeness (QED) is 0.582. The Kier molecular flexibility index (Phi) is 3.96. The predicted octanol–water partition coefficient (Wildman–Crippen LogP) is 1.33. The van der Waals surface area contributed by atoms with Crippen LogP contribution >= 0.6 is 11.8 Å². The number of rotatable bonds is 3. The van der Waals surface area contributed by atoms with Gasteiger partial charge in [0.2, 0.25) is 0 Å². The molecule has 4 heteroatoms. The number of aliphatic hydroxyl groups is 2. The molecule has 0 aromatic heterocycles. The van der Waals surface area contributed by atoms with Crippen LogP contribution in [-0.4, -0.2) is 22.6 Å². The molecule has 0 spiro atoms. The van der Waals surface area contributed by atoms with E-state index in [0.29, 0.717) is 5.56 Å². The topological polar surface area (TPSA) is 64.2 Å². The molecule has 0 saturated carbocycles. The molecule has 2 unspecified atom stereocenters. The fraction of sp³-hybridized carbons (Fsp3) is 0.300. The molecule has 1 aromatic carbocycles. The number of benzene rings is 1. The van der Waals surface area contributed by atoms with Gasteiger partial charge in [-0.1, -0.05) is 12.1 Å². The molecule has 0 amide bonds. The molecule has 0 bridgehead atoms. The molecule has 0 aliphatic heterocycles. The van der Waals surface area contributed by atoms with Crippen molar-refractivity contribution in [1.29, 1.82) is 5.26 Å². The first-order chi connectivity index (χ1) is 6.69. The molecule has 0 saturated heterocycles. The molecule has 1 rings (SSSR count). The van der Waals surface area contributed by atoms with Gasteiger partial charge in [-0.15, -0.1) is 11.8 Å². The molecule has 2 N–H and O–H groups in total. The third-order valence-corrected chi connectivity index (χ3v) is 2.63. The Morgan fingerprint density at radius 2 is 1.86 bits per heavy atom. The van der Waals surface area contributed by atoms with Crippen molar-refractivity contribution in [1.82, 2.24) is 0 Å². The lowest BCUT2D eigenvalue weighted by Crippen LogP contribution is -2.15. The van der Waals surface area contributed by atoms with Crippen molar-refractivity contribution < 1.29 is 10.2 Å². The van der Waals surface area contributed by atoms with Crippen molar-refractivity contribution in [3.05, 3.63) is 29.8 Å². The lowest BCUT2D eigenvalue weighted by Gasteiger charge is -2.11. The highest BCUT2D eigenvalue weighted by Gasteiger charge is 2.16. The highest BCUT2D eigenvalue weighted by Crippen LogP contribution is 2.20. The van der Waals surface area contributed by atoms with Crippen molar-refractivity contribution >= 4 is 11.8 Å². The molecule has 0 heterocycles. The Hall–Kier alpha value is -1.02. The molecule has 14 heavy (non-hydrogen) atoms. The second kappa shape index (κ2) is 5.01. The van der Waals surface area contributed by atoms with E-state index >= 15 is 0 Å². The van der Waals surface area contributed by atoms with Crippen LogP contribution in [0.3, 0.4) is 0 Å². The maximum Gasteiger partial charge on any atom is 0.170 e. The van der Waals surface area contributed by atoms with Crippen molar-refractivity contribution in [3.63, 3.8) is 0 Å². The van der Waals surface area contributed by atoms with Crippen molar-refractivity contribution in [2.75, 3.05) is 6.26 Å². The van der Waals surface area contributed by atoms with Crippen LogP contribution in [0.2, 0.25) is 0 Å². The van der Waals surface area contributed by atoms with E-state index in [1.165, 1.54) is 0 Å². The van der Waals surface area contributed by atoms with Gasteiger partial charge in [-0.2, -0.15) is 5.26 Å². The highest BCUT2D eigenvalue weighted by atomic mass is 32.2. The maximum absolute atomic E-state index is 9.47. The average molecular weight is 209 g/mol. The van der Waals surface area contributed by atoms with Gasteiger partial charge in [0.1, 0.15) is 6.10 Å². The molecule has 0 radical (unpaired) electrons. The molecule has 1 aromatic rings. The molecule has 3 nitrogen and oxygen atoms in total. The lowest BCUT2D eigenvalue weighted by atomic mass is 10.1. The van der Waals surface area contributed by atoms with E-state index in [0.717, 1.165) is 4.90 Å². The third kappa shape index (κ3) is 2.48. The Morgan fingerprint density at radius 1 is 1.29 bits per heavy atom. The smallest absolute Gasteiger partial charge is 0.170 e. The van der Waals surface area contributed by atoms with Gasteiger partial charge in [-0.25, -0.2) is 0 Å². The van der Waals surface area contributed by atoms with Gasteiger partial charge in [0.15, 0.2) is 6.10 Å². The number of hydrogen-bond acceptors (Lipinski definition) is 4. The monoisotopic (exact) mass is 209 g/mol. The maximum atomic E-state index is 9.47. The van der Waals surface area contributed by atoms with Crippen LogP contribution in [0.5, 0.6) is 0 Å². The second-order valence-electron chi connectivity index (χ2n) is 2.79. The van der Waals surface area contributed by atoms with Crippen LogP contribution in [0.4, 0.5) is 0 Å². The third-order valence-electron chi connectivity index (χ3n) is 1.89. The first kappa shape index (κ1) is 11.1. The highest BCUT2D eigenvalue weighted by molar-refractivity contribution is 7.98. The number of nitrogens with zero attached hydrogens (tertiary/aromatic N) is 1. The first-order valence-corrected chi connectivity index (χ1v) is 5.31. The average Bonchev–Trinajstić information content (AvgIpc) is 2.27. The summed E-state index contributed by atoms with van der Waals surface area (Å²) >= 11 is 1.59. The van der Waals surface area contributed by atoms with Gasteiger partial charge in [-0.05, 0) is 24.0 Å². The summed E-state index contributed by atoms with van der Waals surface area (Å²) in [5.74, 6) is 0. The SMILES string of the molecule is CSc1ccc(C(O)C(O)C#N)cc1. The number of hydrogen-bond donors (Lipinski definition) is 2. The zero-order valence-electron chi connectivity index (χ0n) is 7.71. The summed E-state index contributed by atoms with van der Waals surface area (Å²) in [6.45, 7) is 0. The van der Waals surface area contributed by atoms with Crippen LogP contribution in [0, 0.1) is 11.3 Å². The summed E-state index contributed by atoms with van der Waals surface area (Å²) in [5.41, 5.74) is 0.553. The van der Waals surface area contributed by atoms with Gasteiger partial charge in [0.05, 0.1) is 6.07 Å². The zero-order valence-corrected chi connectivity index (χ0v) is 8.53. The van der Waals surface area contributed by atoms with Crippen LogP contribution in [0.25, 0.3) is 0 Å². The van der Waals surface area contributed by atoms with E-state index in [2.05, 4.69) is 0 Å². The number of nitriles is 1. The van der Waals surface area contributed by atoms with E-state index in [-0.39, 0.29) is 0 Å². The Morgan fingerprint density at radius 3 is 2.29 bits per heavy atom. The molecule has 0 fully saturated rings. The normalized spacial score (nSPS) is 14.4. The van der Waals surface area contributed by atoms with Crippen molar-refractivity contribution in [2.45, 2.75) is 17.1 Å². The Balaban J connectivity index is 2.82. The number of thioether (sulfide) groups is 1. The summed E-state index contributed by atoms with van der Waals surface area (Å²) in [7, 11) is 0. The molecule has 2 atom stereocenters. The minimum absolute atomic E-state index is 0.553. The van der Waals surface area contributed by atoms with Crippen molar-refractivity contribution in [2.24, 2.45) is 0 Å². The Labute approximate surface area is 87.0 Å². The predicted molar refractivity (Wildman–Crippen MR) is 54.8 cm³/mol. The van der Waals surface area contributed by atoms with E-state index in [4.69, 9.17) is 10.4 Å². The van der Waals surface area contributed by atoms with Gasteiger partial charge in [0, 0.05) is 4.90 Å². The van der Waals surface area contributed by atoms with Gasteiger partial charge in [0.25, 0.3) is 0 Å². The largest absolute Gasteiger partial charge is 0.385 e. The van der Waals surface area contributed by atoms with Crippen LogP contribution in [0.1, 0.15) is 11.7 Å².